The van der Waals surface area contributed by atoms with Gasteiger partial charge < -0.3 is 20.7 Å². The maximum atomic E-state index is 13.1. The molecule has 202 valence electrons. The number of imidazole rings is 1. The first-order chi connectivity index (χ1) is 18.8. The van der Waals surface area contributed by atoms with Crippen LogP contribution in [-0.4, -0.2) is 44.1 Å². The number of hydrogen-bond acceptors (Lipinski definition) is 7. The molecule has 1 fully saturated rings. The van der Waals surface area contributed by atoms with E-state index in [1.165, 1.54) is 11.3 Å². The normalized spacial score (nSPS) is 13.2. The van der Waals surface area contributed by atoms with E-state index in [4.69, 9.17) is 11.6 Å². The molecule has 0 spiro atoms. The lowest BCUT2D eigenvalue weighted by Crippen LogP contribution is -2.27. The number of amides is 2. The topological polar surface area (TPSA) is 130 Å². The minimum Gasteiger partial charge on any atom is -0.365 e. The summed E-state index contributed by atoms with van der Waals surface area (Å²) < 4.78 is 15.8. The molecule has 0 atom stereocenters. The van der Waals surface area contributed by atoms with E-state index >= 15 is 0 Å². The number of nitrogens with zero attached hydrogens (tertiary/aromatic N) is 4. The van der Waals surface area contributed by atoms with E-state index in [0.717, 1.165) is 35.0 Å². The number of carbonyl (C=O) groups is 2. The summed E-state index contributed by atoms with van der Waals surface area (Å²) in [6.45, 7) is 4.93. The lowest BCUT2D eigenvalue weighted by Gasteiger charge is -2.11. The number of anilines is 2. The summed E-state index contributed by atoms with van der Waals surface area (Å²) in [6, 6.07) is 4.54. The Balaban J connectivity index is 0.000000634. The summed E-state index contributed by atoms with van der Waals surface area (Å²) >= 11 is 8.03. The van der Waals surface area contributed by atoms with Gasteiger partial charge in [-0.1, -0.05) is 35.6 Å². The van der Waals surface area contributed by atoms with Crippen molar-refractivity contribution in [2.24, 2.45) is 5.92 Å². The van der Waals surface area contributed by atoms with Crippen LogP contribution < -0.4 is 16.0 Å². The van der Waals surface area contributed by atoms with E-state index in [1.54, 1.807) is 56.8 Å². The lowest BCUT2D eigenvalue weighted by atomic mass is 10.1. The predicted molar refractivity (Wildman–Crippen MR) is 153 cm³/mol. The van der Waals surface area contributed by atoms with Gasteiger partial charge in [0.15, 0.2) is 16.6 Å². The van der Waals surface area contributed by atoms with Gasteiger partial charge in [-0.3, -0.25) is 9.67 Å². The number of allylic oxidation sites excluding steroid dienone is 4. The minimum atomic E-state index is -0.674. The molecule has 3 heterocycles. The number of nitrogens with one attached hydrogen (secondary N) is 4. The number of hydrogen-bond donors (Lipinski definition) is 4. The predicted octanol–water partition coefficient (Wildman–Crippen LogP) is 6.23. The molecule has 0 saturated heterocycles. The van der Waals surface area contributed by atoms with Crippen LogP contribution in [0.2, 0.25) is 5.02 Å². The van der Waals surface area contributed by atoms with Crippen LogP contribution in [0.5, 0.6) is 0 Å². The molecule has 4 aromatic rings. The number of carbonyl (C=O) groups excluding carboxylic acids is 2. The molecular weight excluding hydrogens is 543 g/mol. The van der Waals surface area contributed by atoms with Crippen molar-refractivity contribution in [1.29, 1.82) is 0 Å². The molecule has 4 N–H and O–H groups in total. The molecule has 1 aliphatic carbocycles. The molecule has 1 aromatic carbocycles. The monoisotopic (exact) mass is 568 g/mol. The fourth-order valence-corrected chi connectivity index (χ4v) is 4.57. The Morgan fingerprint density at radius 1 is 1.36 bits per heavy atom. The van der Waals surface area contributed by atoms with Crippen molar-refractivity contribution in [3.63, 3.8) is 0 Å². The molecule has 10 nitrogen and oxygen atoms in total. The van der Waals surface area contributed by atoms with Gasteiger partial charge in [0.25, 0.3) is 0 Å². The van der Waals surface area contributed by atoms with Crippen molar-refractivity contribution < 1.29 is 14.0 Å². The second-order valence-corrected chi connectivity index (χ2v) is 9.84. The van der Waals surface area contributed by atoms with Crippen LogP contribution >= 0.6 is 22.9 Å². The van der Waals surface area contributed by atoms with Crippen LogP contribution in [0, 0.1) is 5.92 Å². The molecule has 1 saturated carbocycles. The van der Waals surface area contributed by atoms with E-state index in [1.807, 2.05) is 4.57 Å². The number of urea groups is 1. The summed E-state index contributed by atoms with van der Waals surface area (Å²) in [7, 11) is 1.80. The number of aromatic amines is 1. The standard InChI is InChI=1S/C22H20ClFN8OS.C4H6O/c1-4-5-13(8-12(2)24)27-21(33)28-14-6-7-15(16(23)9-14)17-10-26-11-32(17)20-18-19(30-31-20)29-22(25-3)34-18;5-3-4-1-2-4/h4-11H,2H2,1,3H3,(H2,27,28,33)(H2,25,29,30,31);3-4H,1-2H2/b5-4-,13-8+;. The number of H-pyrrole nitrogens is 1. The highest BCUT2D eigenvalue weighted by Crippen LogP contribution is 2.35. The summed E-state index contributed by atoms with van der Waals surface area (Å²) in [5.74, 6) is 0.430. The third-order valence-electron chi connectivity index (χ3n) is 5.41. The molecule has 2 amide bonds. The number of aldehydes is 1. The number of rotatable bonds is 8. The Hall–Kier alpha value is -4.29. The van der Waals surface area contributed by atoms with Gasteiger partial charge >= 0.3 is 6.03 Å². The Labute approximate surface area is 232 Å². The van der Waals surface area contributed by atoms with Gasteiger partial charge in [0, 0.05) is 29.9 Å². The van der Waals surface area contributed by atoms with Gasteiger partial charge in [-0.05, 0) is 50.1 Å². The molecule has 0 radical (unpaired) electrons. The van der Waals surface area contributed by atoms with Crippen molar-refractivity contribution in [1.82, 2.24) is 30.0 Å². The maximum Gasteiger partial charge on any atom is 0.323 e. The first-order valence-corrected chi connectivity index (χ1v) is 13.1. The number of aromatic nitrogens is 5. The summed E-state index contributed by atoms with van der Waals surface area (Å²) in [5.41, 5.74) is 2.80. The summed E-state index contributed by atoms with van der Waals surface area (Å²) in [6.07, 6.45) is 11.0. The first kappa shape index (κ1) is 27.7. The van der Waals surface area contributed by atoms with Crippen molar-refractivity contribution in [2.75, 3.05) is 17.7 Å². The lowest BCUT2D eigenvalue weighted by molar-refractivity contribution is -0.108. The average molecular weight is 569 g/mol. The highest BCUT2D eigenvalue weighted by atomic mass is 35.5. The Morgan fingerprint density at radius 2 is 2.15 bits per heavy atom. The van der Waals surface area contributed by atoms with Crippen LogP contribution in [0.15, 0.2) is 67.1 Å². The van der Waals surface area contributed by atoms with E-state index in [0.29, 0.717) is 39.4 Å². The van der Waals surface area contributed by atoms with E-state index < -0.39 is 11.9 Å². The van der Waals surface area contributed by atoms with Gasteiger partial charge in [-0.15, -0.1) is 0 Å². The molecule has 39 heavy (non-hydrogen) atoms. The van der Waals surface area contributed by atoms with Gasteiger partial charge in [-0.25, -0.2) is 19.2 Å². The first-order valence-electron chi connectivity index (χ1n) is 11.9. The zero-order valence-electron chi connectivity index (χ0n) is 21.2. The van der Waals surface area contributed by atoms with Crippen molar-refractivity contribution in [3.05, 3.63) is 72.1 Å². The second-order valence-electron chi connectivity index (χ2n) is 8.44. The van der Waals surface area contributed by atoms with Crippen LogP contribution in [0.25, 0.3) is 27.4 Å². The molecule has 1 aliphatic rings. The van der Waals surface area contributed by atoms with E-state index in [2.05, 4.69) is 42.7 Å². The van der Waals surface area contributed by atoms with Gasteiger partial charge in [0.1, 0.15) is 23.1 Å². The van der Waals surface area contributed by atoms with E-state index in [-0.39, 0.29) is 5.70 Å². The SMILES string of the molecule is C=C(F)/C=C(\C=C/C)NC(=O)Nc1ccc(-c2cncn2-c2n[nH]c3nc(NC)sc23)c(Cl)c1.O=CC1CC1. The summed E-state index contributed by atoms with van der Waals surface area (Å²) in [5, 5.41) is 16.7. The smallest absolute Gasteiger partial charge is 0.323 e. The molecule has 0 aliphatic heterocycles. The Bertz CT molecular complexity index is 1570. The van der Waals surface area contributed by atoms with E-state index in [9.17, 15) is 14.0 Å². The number of fused-ring (bicyclic) bond motifs is 1. The fraction of sp³-hybridized carbons (Fsp3) is 0.192. The average Bonchev–Trinajstić information content (AvgIpc) is 3.26. The molecular formula is C26H26ClFN8O2S. The number of thiazole rings is 1. The minimum absolute atomic E-state index is 0.258. The molecule has 3 aromatic heterocycles. The highest BCUT2D eigenvalue weighted by Gasteiger charge is 2.19. The van der Waals surface area contributed by atoms with Crippen LogP contribution in [0.3, 0.4) is 0 Å². The van der Waals surface area contributed by atoms with Gasteiger partial charge in [-0.2, -0.15) is 5.10 Å². The maximum absolute atomic E-state index is 13.1. The van der Waals surface area contributed by atoms with Crippen LogP contribution in [0.1, 0.15) is 19.8 Å². The number of halogens is 2. The molecule has 0 unspecified atom stereocenters. The highest BCUT2D eigenvalue weighted by molar-refractivity contribution is 7.22. The fourth-order valence-electron chi connectivity index (χ4n) is 3.44. The quantitative estimate of drug-likeness (QED) is 0.147. The largest absolute Gasteiger partial charge is 0.365 e. The second kappa shape index (κ2) is 12.5. The van der Waals surface area contributed by atoms with Gasteiger partial charge in [0.2, 0.25) is 0 Å². The van der Waals surface area contributed by atoms with Crippen LogP contribution in [-0.2, 0) is 4.79 Å². The number of benzene rings is 1. The molecule has 13 heteroatoms. The molecule has 5 rings (SSSR count). The van der Waals surface area contributed by atoms with Gasteiger partial charge in [0.05, 0.1) is 16.9 Å². The van der Waals surface area contributed by atoms with Crippen molar-refractivity contribution in [2.45, 2.75) is 19.8 Å². The van der Waals surface area contributed by atoms with Crippen LogP contribution in [0.4, 0.5) is 20.0 Å². The zero-order chi connectivity index (χ0) is 27.9. The molecule has 0 bridgehead atoms. The Morgan fingerprint density at radius 3 is 2.77 bits per heavy atom. The summed E-state index contributed by atoms with van der Waals surface area (Å²) in [4.78, 5) is 30.6. The third kappa shape index (κ3) is 6.98. The Kier molecular flexibility index (Phi) is 8.89. The zero-order valence-corrected chi connectivity index (χ0v) is 22.7. The van der Waals surface area contributed by atoms with Crippen molar-refractivity contribution in [3.8, 4) is 17.1 Å². The third-order valence-corrected chi connectivity index (χ3v) is 6.79. The van der Waals surface area contributed by atoms with Crippen molar-refractivity contribution >= 4 is 56.4 Å².